The Hall–Kier alpha value is -2.41. The molecule has 0 aromatic heterocycles. The zero-order valence-electron chi connectivity index (χ0n) is 18.9. The fraction of sp³-hybridized carbons (Fsp3) is 0.480. The van der Waals surface area contributed by atoms with Gasteiger partial charge in [0.05, 0.1) is 5.56 Å². The van der Waals surface area contributed by atoms with Gasteiger partial charge in [-0.05, 0) is 44.8 Å². The van der Waals surface area contributed by atoms with Gasteiger partial charge in [-0.2, -0.15) is 0 Å². The number of hydrogen-bond acceptors (Lipinski definition) is 5. The van der Waals surface area contributed by atoms with Gasteiger partial charge >= 0.3 is 0 Å². The van der Waals surface area contributed by atoms with Gasteiger partial charge in [0.1, 0.15) is 12.4 Å². The number of nitrogens with one attached hydrogen (secondary N) is 1. The summed E-state index contributed by atoms with van der Waals surface area (Å²) in [5.41, 5.74) is 1.99. The normalized spacial score (nSPS) is 15.2. The zero-order chi connectivity index (χ0) is 21.9. The van der Waals surface area contributed by atoms with Gasteiger partial charge in [-0.15, -0.1) is 0 Å². The van der Waals surface area contributed by atoms with Crippen LogP contribution in [0.3, 0.4) is 0 Å². The molecule has 1 aliphatic rings. The molecular weight excluding hydrogens is 388 g/mol. The van der Waals surface area contributed by atoms with Crippen molar-refractivity contribution in [3.8, 4) is 5.75 Å². The van der Waals surface area contributed by atoms with E-state index in [1.54, 1.807) is 0 Å². The van der Waals surface area contributed by atoms with Crippen molar-refractivity contribution >= 4 is 5.91 Å². The third kappa shape index (κ3) is 7.98. The second-order valence-electron chi connectivity index (χ2n) is 8.36. The van der Waals surface area contributed by atoms with Gasteiger partial charge in [-0.3, -0.25) is 9.69 Å². The first kappa shape index (κ1) is 23.3. The summed E-state index contributed by atoms with van der Waals surface area (Å²) >= 11 is 0. The standard InChI is InChI=1S/C25H36N4O2/c1-27(2)19-20-31-24-12-7-6-11-23(24)25(30)26-13-8-14-28-15-17-29(18-16-28)21-22-9-4-3-5-10-22/h3-7,9-12H,8,13-21H2,1-2H3,(H,26,30). The Morgan fingerprint density at radius 2 is 1.65 bits per heavy atom. The van der Waals surface area contributed by atoms with Crippen molar-refractivity contribution in [3.05, 3.63) is 65.7 Å². The predicted octanol–water partition coefficient (Wildman–Crippen LogP) is 2.56. The molecule has 1 fully saturated rings. The van der Waals surface area contributed by atoms with Crippen LogP contribution in [0.15, 0.2) is 54.6 Å². The number of para-hydroxylation sites is 1. The molecule has 1 amide bonds. The zero-order valence-corrected chi connectivity index (χ0v) is 18.9. The maximum atomic E-state index is 12.6. The summed E-state index contributed by atoms with van der Waals surface area (Å²) in [5, 5.41) is 3.05. The number of piperazine rings is 1. The molecule has 1 heterocycles. The second kappa shape index (κ2) is 12.4. The van der Waals surface area contributed by atoms with Gasteiger partial charge in [-0.1, -0.05) is 42.5 Å². The largest absolute Gasteiger partial charge is 0.491 e. The molecule has 1 saturated heterocycles. The molecular formula is C25H36N4O2. The van der Waals surface area contributed by atoms with Crippen molar-refractivity contribution in [1.82, 2.24) is 20.0 Å². The lowest BCUT2D eigenvalue weighted by atomic mass is 10.2. The van der Waals surface area contributed by atoms with E-state index in [2.05, 4.69) is 50.3 Å². The summed E-state index contributed by atoms with van der Waals surface area (Å²) in [4.78, 5) is 19.7. The number of nitrogens with zero attached hydrogens (tertiary/aromatic N) is 3. The molecule has 2 aromatic rings. The average Bonchev–Trinajstić information content (AvgIpc) is 2.78. The molecule has 31 heavy (non-hydrogen) atoms. The van der Waals surface area contributed by atoms with Gasteiger partial charge in [0.15, 0.2) is 0 Å². The van der Waals surface area contributed by atoms with E-state index in [4.69, 9.17) is 4.74 Å². The molecule has 1 N–H and O–H groups in total. The van der Waals surface area contributed by atoms with Crippen LogP contribution in [0.5, 0.6) is 5.75 Å². The Morgan fingerprint density at radius 3 is 2.39 bits per heavy atom. The highest BCUT2D eigenvalue weighted by atomic mass is 16.5. The molecule has 0 bridgehead atoms. The van der Waals surface area contributed by atoms with E-state index >= 15 is 0 Å². The smallest absolute Gasteiger partial charge is 0.255 e. The van der Waals surface area contributed by atoms with Crippen LogP contribution >= 0.6 is 0 Å². The minimum absolute atomic E-state index is 0.0619. The van der Waals surface area contributed by atoms with E-state index in [0.717, 1.165) is 52.2 Å². The third-order valence-electron chi connectivity index (χ3n) is 5.58. The van der Waals surface area contributed by atoms with Crippen molar-refractivity contribution in [3.63, 3.8) is 0 Å². The fourth-order valence-corrected chi connectivity index (χ4v) is 3.73. The number of rotatable bonds is 11. The first-order chi connectivity index (χ1) is 15.1. The molecule has 0 spiro atoms. The van der Waals surface area contributed by atoms with Crippen molar-refractivity contribution in [2.45, 2.75) is 13.0 Å². The molecule has 3 rings (SSSR count). The molecule has 0 saturated carbocycles. The lowest BCUT2D eigenvalue weighted by Gasteiger charge is -2.34. The summed E-state index contributed by atoms with van der Waals surface area (Å²) in [7, 11) is 4.01. The van der Waals surface area contributed by atoms with Crippen LogP contribution in [-0.2, 0) is 6.54 Å². The number of carbonyl (C=O) groups is 1. The topological polar surface area (TPSA) is 48.1 Å². The second-order valence-corrected chi connectivity index (χ2v) is 8.36. The quantitative estimate of drug-likeness (QED) is 0.562. The first-order valence-corrected chi connectivity index (χ1v) is 11.3. The van der Waals surface area contributed by atoms with Gasteiger partial charge in [-0.25, -0.2) is 0 Å². The van der Waals surface area contributed by atoms with Crippen LogP contribution in [0.2, 0.25) is 0 Å². The van der Waals surface area contributed by atoms with E-state index in [0.29, 0.717) is 24.5 Å². The third-order valence-corrected chi connectivity index (χ3v) is 5.58. The molecule has 6 heteroatoms. The lowest BCUT2D eigenvalue weighted by Crippen LogP contribution is -2.46. The number of likely N-dealkylation sites (N-methyl/N-ethyl adjacent to an activating group) is 1. The van der Waals surface area contributed by atoms with Gasteiger partial charge < -0.3 is 19.9 Å². The molecule has 1 aliphatic heterocycles. The van der Waals surface area contributed by atoms with E-state index in [9.17, 15) is 4.79 Å². The number of hydrogen-bond donors (Lipinski definition) is 1. The van der Waals surface area contributed by atoms with Crippen molar-refractivity contribution in [1.29, 1.82) is 0 Å². The Kier molecular flexibility index (Phi) is 9.34. The molecule has 2 aromatic carbocycles. The Balaban J connectivity index is 1.33. The summed E-state index contributed by atoms with van der Waals surface area (Å²) in [6.45, 7) is 8.46. The van der Waals surface area contributed by atoms with Crippen LogP contribution in [0.1, 0.15) is 22.3 Å². The lowest BCUT2D eigenvalue weighted by molar-refractivity contribution is 0.0942. The minimum atomic E-state index is -0.0619. The van der Waals surface area contributed by atoms with E-state index in [1.807, 2.05) is 38.4 Å². The Bertz CT molecular complexity index is 789. The maximum Gasteiger partial charge on any atom is 0.255 e. The SMILES string of the molecule is CN(C)CCOc1ccccc1C(=O)NCCCN1CCN(Cc2ccccc2)CC1. The minimum Gasteiger partial charge on any atom is -0.491 e. The molecule has 0 radical (unpaired) electrons. The van der Waals surface area contributed by atoms with Crippen molar-refractivity contribution < 1.29 is 9.53 Å². The fourth-order valence-electron chi connectivity index (χ4n) is 3.73. The Labute approximate surface area is 186 Å². The highest BCUT2D eigenvalue weighted by Crippen LogP contribution is 2.17. The molecule has 0 atom stereocenters. The van der Waals surface area contributed by atoms with Crippen molar-refractivity contribution in [2.24, 2.45) is 0 Å². The Morgan fingerprint density at radius 1 is 0.968 bits per heavy atom. The van der Waals surface area contributed by atoms with Crippen molar-refractivity contribution in [2.75, 3.05) is 66.5 Å². The molecule has 0 unspecified atom stereocenters. The van der Waals surface area contributed by atoms with Crippen LogP contribution in [0, 0.1) is 0 Å². The number of ether oxygens (including phenoxy) is 1. The van der Waals surface area contributed by atoms with E-state index in [1.165, 1.54) is 5.56 Å². The van der Waals surface area contributed by atoms with Crippen LogP contribution in [0.25, 0.3) is 0 Å². The van der Waals surface area contributed by atoms with Gasteiger partial charge in [0.25, 0.3) is 5.91 Å². The summed E-state index contributed by atoms with van der Waals surface area (Å²) in [5.74, 6) is 0.588. The predicted molar refractivity (Wildman–Crippen MR) is 126 cm³/mol. The number of benzene rings is 2. The molecule has 168 valence electrons. The molecule has 6 nitrogen and oxygen atoms in total. The summed E-state index contributed by atoms with van der Waals surface area (Å²) < 4.78 is 5.81. The van der Waals surface area contributed by atoms with Gasteiger partial charge in [0, 0.05) is 45.8 Å². The van der Waals surface area contributed by atoms with Crippen LogP contribution < -0.4 is 10.1 Å². The van der Waals surface area contributed by atoms with E-state index in [-0.39, 0.29) is 5.91 Å². The van der Waals surface area contributed by atoms with Crippen LogP contribution in [0.4, 0.5) is 0 Å². The van der Waals surface area contributed by atoms with Crippen LogP contribution in [-0.4, -0.2) is 87.1 Å². The highest BCUT2D eigenvalue weighted by molar-refractivity contribution is 5.96. The number of amides is 1. The first-order valence-electron chi connectivity index (χ1n) is 11.3. The monoisotopic (exact) mass is 424 g/mol. The summed E-state index contributed by atoms with van der Waals surface area (Å²) in [6.07, 6.45) is 0.952. The average molecular weight is 425 g/mol. The molecule has 0 aliphatic carbocycles. The number of carbonyl (C=O) groups excluding carboxylic acids is 1. The van der Waals surface area contributed by atoms with E-state index < -0.39 is 0 Å². The maximum absolute atomic E-state index is 12.6. The highest BCUT2D eigenvalue weighted by Gasteiger charge is 2.17. The van der Waals surface area contributed by atoms with Gasteiger partial charge in [0.2, 0.25) is 0 Å². The summed E-state index contributed by atoms with van der Waals surface area (Å²) in [6, 6.07) is 18.1.